The van der Waals surface area contributed by atoms with Gasteiger partial charge in [-0.3, -0.25) is 4.79 Å². The second-order valence-electron chi connectivity index (χ2n) is 6.34. The quantitative estimate of drug-likeness (QED) is 0.616. The van der Waals surface area contributed by atoms with E-state index in [1.54, 1.807) is 0 Å². The molecule has 0 spiro atoms. The Morgan fingerprint density at radius 1 is 1.12 bits per heavy atom. The van der Waals surface area contributed by atoms with Crippen LogP contribution in [0.4, 0.5) is 0 Å². The molecule has 0 aliphatic carbocycles. The minimum Gasteiger partial charge on any atom is -0.350 e. The molecule has 4 rings (SSSR count). The highest BCUT2D eigenvalue weighted by atomic mass is 35.5. The van der Waals surface area contributed by atoms with Crippen molar-refractivity contribution in [2.45, 2.75) is 6.54 Å². The van der Waals surface area contributed by atoms with Crippen molar-refractivity contribution in [1.29, 1.82) is 0 Å². The smallest absolute Gasteiger partial charge is 0.275 e. The topological polar surface area (TPSA) is 41.0 Å². The molecular weight excluding hydrogens is 322 g/mol. The van der Waals surface area contributed by atoms with Crippen LogP contribution in [-0.4, -0.2) is 35.1 Å². The Bertz CT molecular complexity index is 1120. The number of halogens is 1. The first kappa shape index (κ1) is 15.2. The lowest BCUT2D eigenvalue weighted by molar-refractivity contribution is 0.384. The zero-order chi connectivity index (χ0) is 16.8. The van der Waals surface area contributed by atoms with E-state index >= 15 is 0 Å². The molecule has 2 heterocycles. The summed E-state index contributed by atoms with van der Waals surface area (Å²) in [4.78, 5) is 18.5. The van der Waals surface area contributed by atoms with Crippen molar-refractivity contribution in [3.8, 4) is 0 Å². The largest absolute Gasteiger partial charge is 0.350 e. The van der Waals surface area contributed by atoms with Gasteiger partial charge in [0.05, 0.1) is 5.52 Å². The van der Waals surface area contributed by atoms with Gasteiger partial charge in [0.25, 0.3) is 5.56 Å². The molecule has 0 fully saturated rings. The highest BCUT2D eigenvalue weighted by Gasteiger charge is 2.15. The molecule has 4 aromatic rings. The molecule has 24 heavy (non-hydrogen) atoms. The first-order valence-corrected chi connectivity index (χ1v) is 8.31. The van der Waals surface area contributed by atoms with Crippen molar-refractivity contribution in [2.24, 2.45) is 0 Å². The lowest BCUT2D eigenvalue weighted by Gasteiger charge is -2.14. The number of hydrogen-bond donors (Lipinski definition) is 1. The summed E-state index contributed by atoms with van der Waals surface area (Å²) < 4.78 is 1.86. The maximum atomic E-state index is 13.1. The minimum atomic E-state index is 0.0119. The molecule has 0 bridgehead atoms. The van der Waals surface area contributed by atoms with E-state index in [9.17, 15) is 4.79 Å². The highest BCUT2D eigenvalue weighted by molar-refractivity contribution is 6.32. The Balaban J connectivity index is 2.16. The Morgan fingerprint density at radius 3 is 2.71 bits per heavy atom. The highest BCUT2D eigenvalue weighted by Crippen LogP contribution is 2.31. The predicted molar refractivity (Wildman–Crippen MR) is 101 cm³/mol. The fourth-order valence-corrected chi connectivity index (χ4v) is 3.46. The van der Waals surface area contributed by atoms with Crippen LogP contribution in [0.3, 0.4) is 0 Å². The van der Waals surface area contributed by atoms with E-state index in [0.717, 1.165) is 33.7 Å². The number of para-hydroxylation sites is 1. The molecule has 0 amide bonds. The SMILES string of the molecule is CN(C)CCn1c(=O)c2[nH]c3ccc(Cl)cc3c2c2ccccc21. The van der Waals surface area contributed by atoms with Gasteiger partial charge < -0.3 is 14.5 Å². The number of likely N-dealkylation sites (N-methyl/N-ethyl adjacent to an activating group) is 1. The summed E-state index contributed by atoms with van der Waals surface area (Å²) in [6.45, 7) is 1.46. The van der Waals surface area contributed by atoms with Crippen LogP contribution in [-0.2, 0) is 6.54 Å². The van der Waals surface area contributed by atoms with Gasteiger partial charge in [0.15, 0.2) is 0 Å². The molecule has 122 valence electrons. The molecule has 0 saturated heterocycles. The van der Waals surface area contributed by atoms with Crippen molar-refractivity contribution in [3.05, 3.63) is 57.8 Å². The number of nitrogens with zero attached hydrogens (tertiary/aromatic N) is 2. The van der Waals surface area contributed by atoms with Crippen LogP contribution in [0.25, 0.3) is 32.7 Å². The van der Waals surface area contributed by atoms with Crippen molar-refractivity contribution in [3.63, 3.8) is 0 Å². The molecule has 2 aromatic carbocycles. The van der Waals surface area contributed by atoms with E-state index in [-0.39, 0.29) is 5.56 Å². The first-order chi connectivity index (χ1) is 11.6. The first-order valence-electron chi connectivity index (χ1n) is 7.93. The molecule has 0 radical (unpaired) electrons. The van der Waals surface area contributed by atoms with Gasteiger partial charge in [-0.15, -0.1) is 0 Å². The van der Waals surface area contributed by atoms with Gasteiger partial charge in [-0.2, -0.15) is 0 Å². The third-order valence-corrected chi connectivity index (χ3v) is 4.69. The number of H-pyrrole nitrogens is 1. The fraction of sp³-hybridized carbons (Fsp3) is 0.211. The van der Waals surface area contributed by atoms with Gasteiger partial charge in [0.1, 0.15) is 5.52 Å². The number of nitrogens with one attached hydrogen (secondary N) is 1. The van der Waals surface area contributed by atoms with Crippen LogP contribution < -0.4 is 5.56 Å². The molecule has 0 atom stereocenters. The number of aromatic amines is 1. The molecule has 2 aromatic heterocycles. The molecular formula is C19H18ClN3O. The normalized spacial score (nSPS) is 12.0. The number of hydrogen-bond acceptors (Lipinski definition) is 2. The van der Waals surface area contributed by atoms with E-state index in [1.807, 2.05) is 55.1 Å². The lowest BCUT2D eigenvalue weighted by atomic mass is 10.1. The van der Waals surface area contributed by atoms with Gasteiger partial charge in [-0.25, -0.2) is 0 Å². The van der Waals surface area contributed by atoms with Crippen LogP contribution in [0, 0.1) is 0 Å². The van der Waals surface area contributed by atoms with Crippen LogP contribution in [0.5, 0.6) is 0 Å². The average molecular weight is 340 g/mol. The maximum absolute atomic E-state index is 13.1. The maximum Gasteiger partial charge on any atom is 0.275 e. The molecule has 0 aliphatic heterocycles. The summed E-state index contributed by atoms with van der Waals surface area (Å²) in [6.07, 6.45) is 0. The Labute approximate surface area is 144 Å². The number of pyridine rings is 1. The number of aromatic nitrogens is 2. The van der Waals surface area contributed by atoms with Crippen LogP contribution in [0.1, 0.15) is 0 Å². The van der Waals surface area contributed by atoms with Gasteiger partial charge in [-0.1, -0.05) is 29.8 Å². The van der Waals surface area contributed by atoms with Crippen LogP contribution in [0.2, 0.25) is 5.02 Å². The minimum absolute atomic E-state index is 0.0119. The van der Waals surface area contributed by atoms with E-state index in [0.29, 0.717) is 17.1 Å². The van der Waals surface area contributed by atoms with Crippen molar-refractivity contribution in [1.82, 2.24) is 14.5 Å². The van der Waals surface area contributed by atoms with Gasteiger partial charge in [0, 0.05) is 39.8 Å². The van der Waals surface area contributed by atoms with E-state index in [4.69, 9.17) is 11.6 Å². The Kier molecular flexibility index (Phi) is 3.59. The van der Waals surface area contributed by atoms with Gasteiger partial charge in [0.2, 0.25) is 0 Å². The van der Waals surface area contributed by atoms with Gasteiger partial charge in [-0.05, 0) is 38.4 Å². The zero-order valence-electron chi connectivity index (χ0n) is 13.6. The zero-order valence-corrected chi connectivity index (χ0v) is 14.4. The standard InChI is InChI=1S/C19H18ClN3O/c1-22(2)9-10-23-16-6-4-3-5-13(16)17-14-11-12(20)7-8-15(14)21-18(17)19(23)24/h3-8,11,21H,9-10H2,1-2H3. The summed E-state index contributed by atoms with van der Waals surface area (Å²) in [6, 6.07) is 13.7. The second-order valence-corrected chi connectivity index (χ2v) is 6.78. The fourth-order valence-electron chi connectivity index (χ4n) is 3.29. The van der Waals surface area contributed by atoms with Crippen LogP contribution >= 0.6 is 11.6 Å². The van der Waals surface area contributed by atoms with E-state index in [2.05, 4.69) is 16.0 Å². The lowest BCUT2D eigenvalue weighted by Crippen LogP contribution is -2.27. The van der Waals surface area contributed by atoms with Crippen LogP contribution in [0.15, 0.2) is 47.3 Å². The average Bonchev–Trinajstić information content (AvgIpc) is 2.93. The third-order valence-electron chi connectivity index (χ3n) is 4.45. The van der Waals surface area contributed by atoms with Crippen molar-refractivity contribution < 1.29 is 0 Å². The van der Waals surface area contributed by atoms with Crippen molar-refractivity contribution in [2.75, 3.05) is 20.6 Å². The predicted octanol–water partition coefficient (Wildman–Crippen LogP) is 3.85. The summed E-state index contributed by atoms with van der Waals surface area (Å²) in [5, 5.41) is 3.68. The number of fused-ring (bicyclic) bond motifs is 5. The summed E-state index contributed by atoms with van der Waals surface area (Å²) in [5.41, 5.74) is 2.54. The molecule has 5 heteroatoms. The molecule has 0 aliphatic rings. The molecule has 0 saturated carbocycles. The number of benzene rings is 2. The Morgan fingerprint density at radius 2 is 1.92 bits per heavy atom. The summed E-state index contributed by atoms with van der Waals surface area (Å²) in [5.74, 6) is 0. The second kappa shape index (κ2) is 5.65. The monoisotopic (exact) mass is 339 g/mol. The third kappa shape index (κ3) is 2.30. The van der Waals surface area contributed by atoms with E-state index in [1.165, 1.54) is 0 Å². The van der Waals surface area contributed by atoms with E-state index < -0.39 is 0 Å². The number of rotatable bonds is 3. The van der Waals surface area contributed by atoms with Gasteiger partial charge >= 0.3 is 0 Å². The molecule has 4 nitrogen and oxygen atoms in total. The Hall–Kier alpha value is -2.30. The summed E-state index contributed by atoms with van der Waals surface area (Å²) in [7, 11) is 4.02. The van der Waals surface area contributed by atoms with Crippen molar-refractivity contribution >= 4 is 44.3 Å². The summed E-state index contributed by atoms with van der Waals surface area (Å²) >= 11 is 6.18. The molecule has 0 unspecified atom stereocenters. The molecule has 1 N–H and O–H groups in total.